The standard InChI is InChI=1S/C16H18O2/c1-10-7-8-13(11(2)9-10)12(3)14-5-4-6-15(17)16(14)18/h4-9,12,17-18H,1-3H3. The Balaban J connectivity index is 2.48. The number of phenolic OH excluding ortho intramolecular Hbond substituents is 2. The van der Waals surface area contributed by atoms with Gasteiger partial charge in [-0.25, -0.2) is 0 Å². The van der Waals surface area contributed by atoms with E-state index >= 15 is 0 Å². The van der Waals surface area contributed by atoms with Crippen LogP contribution in [0, 0.1) is 13.8 Å². The van der Waals surface area contributed by atoms with Crippen molar-refractivity contribution in [2.45, 2.75) is 26.7 Å². The highest BCUT2D eigenvalue weighted by Gasteiger charge is 2.16. The number of phenols is 2. The molecule has 2 nitrogen and oxygen atoms in total. The molecule has 1 unspecified atom stereocenters. The third kappa shape index (κ3) is 2.19. The zero-order valence-corrected chi connectivity index (χ0v) is 10.9. The first-order chi connectivity index (χ1) is 8.50. The molecule has 0 spiro atoms. The van der Waals surface area contributed by atoms with Crippen molar-refractivity contribution in [1.82, 2.24) is 0 Å². The second-order valence-electron chi connectivity index (χ2n) is 4.80. The minimum absolute atomic E-state index is 0.0232. The van der Waals surface area contributed by atoms with Gasteiger partial charge in [0.1, 0.15) is 0 Å². The van der Waals surface area contributed by atoms with E-state index in [4.69, 9.17) is 0 Å². The van der Waals surface area contributed by atoms with Crippen molar-refractivity contribution in [3.8, 4) is 11.5 Å². The zero-order chi connectivity index (χ0) is 13.3. The van der Waals surface area contributed by atoms with Crippen LogP contribution >= 0.6 is 0 Å². The molecular weight excluding hydrogens is 224 g/mol. The van der Waals surface area contributed by atoms with Crippen molar-refractivity contribution in [2.75, 3.05) is 0 Å². The summed E-state index contributed by atoms with van der Waals surface area (Å²) in [6, 6.07) is 11.4. The van der Waals surface area contributed by atoms with Crippen molar-refractivity contribution in [3.63, 3.8) is 0 Å². The van der Waals surface area contributed by atoms with Crippen LogP contribution in [0.2, 0.25) is 0 Å². The van der Waals surface area contributed by atoms with E-state index < -0.39 is 0 Å². The summed E-state index contributed by atoms with van der Waals surface area (Å²) in [5.74, 6) is -0.0354. The molecule has 0 heterocycles. The lowest BCUT2D eigenvalue weighted by molar-refractivity contribution is 0.398. The van der Waals surface area contributed by atoms with Crippen molar-refractivity contribution in [3.05, 3.63) is 58.7 Å². The number of hydrogen-bond donors (Lipinski definition) is 2. The molecule has 0 amide bonds. The summed E-state index contributed by atoms with van der Waals surface area (Å²) in [5.41, 5.74) is 4.34. The van der Waals surface area contributed by atoms with Gasteiger partial charge in [-0.3, -0.25) is 0 Å². The highest BCUT2D eigenvalue weighted by atomic mass is 16.3. The third-order valence-electron chi connectivity index (χ3n) is 3.40. The molecule has 0 aliphatic carbocycles. The average Bonchev–Trinajstić information content (AvgIpc) is 2.32. The van der Waals surface area contributed by atoms with Crippen LogP contribution in [-0.4, -0.2) is 10.2 Å². The molecular formula is C16H18O2. The van der Waals surface area contributed by atoms with Gasteiger partial charge in [0.2, 0.25) is 0 Å². The number of aromatic hydroxyl groups is 2. The van der Waals surface area contributed by atoms with Crippen molar-refractivity contribution >= 4 is 0 Å². The molecule has 0 fully saturated rings. The van der Waals surface area contributed by atoms with Crippen LogP contribution in [0.3, 0.4) is 0 Å². The first-order valence-electron chi connectivity index (χ1n) is 6.08. The first-order valence-corrected chi connectivity index (χ1v) is 6.08. The molecule has 0 aromatic heterocycles. The maximum atomic E-state index is 9.92. The SMILES string of the molecule is Cc1ccc(C(C)c2cccc(O)c2O)c(C)c1. The van der Waals surface area contributed by atoms with Crippen LogP contribution in [-0.2, 0) is 0 Å². The first kappa shape index (κ1) is 12.5. The maximum Gasteiger partial charge on any atom is 0.161 e. The van der Waals surface area contributed by atoms with Gasteiger partial charge >= 0.3 is 0 Å². The Morgan fingerprint density at radius 1 is 0.944 bits per heavy atom. The molecule has 2 aromatic rings. The summed E-state index contributed by atoms with van der Waals surface area (Å²) in [6.45, 7) is 6.16. The summed E-state index contributed by atoms with van der Waals surface area (Å²) in [4.78, 5) is 0. The van der Waals surface area contributed by atoms with Gasteiger partial charge < -0.3 is 10.2 Å². The van der Waals surface area contributed by atoms with Crippen molar-refractivity contribution in [2.24, 2.45) is 0 Å². The molecule has 0 saturated heterocycles. The van der Waals surface area contributed by atoms with Crippen LogP contribution in [0.25, 0.3) is 0 Å². The lowest BCUT2D eigenvalue weighted by Crippen LogP contribution is -1.99. The molecule has 0 aliphatic heterocycles. The number of hydrogen-bond acceptors (Lipinski definition) is 2. The molecule has 18 heavy (non-hydrogen) atoms. The van der Waals surface area contributed by atoms with E-state index in [0.717, 1.165) is 5.56 Å². The Labute approximate surface area is 108 Å². The summed E-state index contributed by atoms with van der Waals surface area (Å²) in [7, 11) is 0. The second-order valence-corrected chi connectivity index (χ2v) is 4.80. The normalized spacial score (nSPS) is 12.4. The minimum atomic E-state index is -0.0656. The van der Waals surface area contributed by atoms with E-state index in [1.807, 2.05) is 13.0 Å². The monoisotopic (exact) mass is 242 g/mol. The fourth-order valence-electron chi connectivity index (χ4n) is 2.38. The van der Waals surface area contributed by atoms with Crippen LogP contribution in [0.5, 0.6) is 11.5 Å². The molecule has 0 radical (unpaired) electrons. The molecule has 2 N–H and O–H groups in total. The molecule has 94 valence electrons. The lowest BCUT2D eigenvalue weighted by atomic mass is 9.88. The van der Waals surface area contributed by atoms with Gasteiger partial charge in [-0.1, -0.05) is 42.8 Å². The number of aryl methyl sites for hydroxylation is 2. The smallest absolute Gasteiger partial charge is 0.161 e. The number of rotatable bonds is 2. The quantitative estimate of drug-likeness (QED) is 0.785. The van der Waals surface area contributed by atoms with Crippen LogP contribution in [0.1, 0.15) is 35.1 Å². The summed E-state index contributed by atoms with van der Waals surface area (Å²) in [5, 5.41) is 19.5. The largest absolute Gasteiger partial charge is 0.504 e. The fraction of sp³-hybridized carbons (Fsp3) is 0.250. The molecule has 2 rings (SSSR count). The van der Waals surface area contributed by atoms with Crippen LogP contribution in [0.15, 0.2) is 36.4 Å². The Morgan fingerprint density at radius 2 is 1.67 bits per heavy atom. The highest BCUT2D eigenvalue weighted by molar-refractivity contribution is 5.50. The summed E-state index contributed by atoms with van der Waals surface area (Å²) in [6.07, 6.45) is 0. The minimum Gasteiger partial charge on any atom is -0.504 e. The molecule has 1 atom stereocenters. The molecule has 2 heteroatoms. The Kier molecular flexibility index (Phi) is 3.28. The molecule has 0 bridgehead atoms. The van der Waals surface area contributed by atoms with E-state index in [9.17, 15) is 10.2 Å². The predicted octanol–water partition coefficient (Wildman–Crippen LogP) is 3.87. The topological polar surface area (TPSA) is 40.5 Å². The van der Waals surface area contributed by atoms with Gasteiger partial charge in [-0.2, -0.15) is 0 Å². The van der Waals surface area contributed by atoms with Gasteiger partial charge in [-0.15, -0.1) is 0 Å². The molecule has 2 aromatic carbocycles. The fourth-order valence-corrected chi connectivity index (χ4v) is 2.38. The number of benzene rings is 2. The number of para-hydroxylation sites is 1. The van der Waals surface area contributed by atoms with E-state index in [-0.39, 0.29) is 17.4 Å². The van der Waals surface area contributed by atoms with E-state index in [0.29, 0.717) is 0 Å². The van der Waals surface area contributed by atoms with Gasteiger partial charge in [0, 0.05) is 11.5 Å². The molecule has 0 aliphatic rings. The zero-order valence-electron chi connectivity index (χ0n) is 10.9. The van der Waals surface area contributed by atoms with E-state index in [1.54, 1.807) is 6.07 Å². The maximum absolute atomic E-state index is 9.92. The third-order valence-corrected chi connectivity index (χ3v) is 3.40. The Morgan fingerprint density at radius 3 is 2.33 bits per heavy atom. The van der Waals surface area contributed by atoms with Crippen LogP contribution < -0.4 is 0 Å². The van der Waals surface area contributed by atoms with Gasteiger partial charge in [0.05, 0.1) is 0 Å². The van der Waals surface area contributed by atoms with Crippen LogP contribution in [0.4, 0.5) is 0 Å². The summed E-state index contributed by atoms with van der Waals surface area (Å²) >= 11 is 0. The summed E-state index contributed by atoms with van der Waals surface area (Å²) < 4.78 is 0. The second kappa shape index (κ2) is 4.73. The van der Waals surface area contributed by atoms with E-state index in [2.05, 4.69) is 32.0 Å². The highest BCUT2D eigenvalue weighted by Crippen LogP contribution is 2.37. The van der Waals surface area contributed by atoms with Gasteiger partial charge in [-0.05, 0) is 31.0 Å². The van der Waals surface area contributed by atoms with Crippen molar-refractivity contribution < 1.29 is 10.2 Å². The average molecular weight is 242 g/mol. The molecule has 0 saturated carbocycles. The Hall–Kier alpha value is -1.96. The van der Waals surface area contributed by atoms with E-state index in [1.165, 1.54) is 22.8 Å². The Bertz CT molecular complexity index is 573. The van der Waals surface area contributed by atoms with Crippen molar-refractivity contribution in [1.29, 1.82) is 0 Å². The van der Waals surface area contributed by atoms with Gasteiger partial charge in [0.15, 0.2) is 11.5 Å². The lowest BCUT2D eigenvalue weighted by Gasteiger charge is -2.17. The predicted molar refractivity (Wildman–Crippen MR) is 73.2 cm³/mol. The van der Waals surface area contributed by atoms with Gasteiger partial charge in [0.25, 0.3) is 0 Å².